The second kappa shape index (κ2) is 10.4. The number of aromatic nitrogens is 1. The molecule has 10 heteroatoms. The number of hydrogen-bond donors (Lipinski definition) is 2. The minimum atomic E-state index is -3.18. The van der Waals surface area contributed by atoms with Crippen molar-refractivity contribution in [3.8, 4) is 11.1 Å². The van der Waals surface area contributed by atoms with Crippen LogP contribution in [0.5, 0.6) is 0 Å². The van der Waals surface area contributed by atoms with Crippen LogP contribution in [0.1, 0.15) is 52.2 Å². The van der Waals surface area contributed by atoms with Crippen molar-refractivity contribution in [1.29, 1.82) is 0 Å². The first-order valence-electron chi connectivity index (χ1n) is 12.5. The Labute approximate surface area is 221 Å². The molecule has 3 aromatic heterocycles. The second-order valence-corrected chi connectivity index (χ2v) is 12.9. The van der Waals surface area contributed by atoms with E-state index >= 15 is 0 Å². The Balaban J connectivity index is 1.41. The molecule has 5 rings (SSSR count). The average molecular weight is 541 g/mol. The monoisotopic (exact) mass is 540 g/mol. The van der Waals surface area contributed by atoms with E-state index in [2.05, 4.69) is 34.4 Å². The van der Waals surface area contributed by atoms with Gasteiger partial charge >= 0.3 is 0 Å². The number of rotatable bonds is 9. The number of aromatic amines is 1. The van der Waals surface area contributed by atoms with Crippen molar-refractivity contribution >= 4 is 38.2 Å². The third-order valence-electron chi connectivity index (χ3n) is 7.16. The van der Waals surface area contributed by atoms with Gasteiger partial charge in [-0.25, -0.2) is 12.7 Å². The zero-order valence-electron chi connectivity index (χ0n) is 21.1. The fourth-order valence-corrected chi connectivity index (χ4v) is 7.29. The number of nitrogens with one attached hydrogen (secondary N) is 1. The van der Waals surface area contributed by atoms with Crippen molar-refractivity contribution in [2.45, 2.75) is 38.8 Å². The fourth-order valence-electron chi connectivity index (χ4n) is 5.18. The van der Waals surface area contributed by atoms with Gasteiger partial charge in [-0.2, -0.15) is 0 Å². The minimum Gasteiger partial charge on any atom is -0.468 e. The summed E-state index contributed by atoms with van der Waals surface area (Å²) in [6, 6.07) is 10.0. The molecule has 4 heterocycles. The highest BCUT2D eigenvalue weighted by Crippen LogP contribution is 2.38. The number of amides is 1. The molecule has 1 aromatic carbocycles. The van der Waals surface area contributed by atoms with Crippen molar-refractivity contribution < 1.29 is 17.6 Å². The van der Waals surface area contributed by atoms with Gasteiger partial charge in [0.2, 0.25) is 10.0 Å². The van der Waals surface area contributed by atoms with Crippen LogP contribution < -0.4 is 5.73 Å². The smallest absolute Gasteiger partial charge is 0.250 e. The van der Waals surface area contributed by atoms with E-state index in [0.717, 1.165) is 59.3 Å². The van der Waals surface area contributed by atoms with Crippen LogP contribution in [-0.4, -0.2) is 54.4 Å². The average Bonchev–Trinajstić information content (AvgIpc) is 3.65. The van der Waals surface area contributed by atoms with Crippen LogP contribution in [0, 0.1) is 0 Å². The maximum Gasteiger partial charge on any atom is 0.250 e. The molecule has 1 fully saturated rings. The number of H-pyrrole nitrogens is 1. The molecule has 0 unspecified atom stereocenters. The van der Waals surface area contributed by atoms with Gasteiger partial charge in [0.05, 0.1) is 29.6 Å². The van der Waals surface area contributed by atoms with Gasteiger partial charge < -0.3 is 15.1 Å². The Morgan fingerprint density at radius 3 is 2.68 bits per heavy atom. The number of carbonyl (C=O) groups excluding carboxylic acids is 1. The summed E-state index contributed by atoms with van der Waals surface area (Å²) in [6.07, 6.45) is 5.13. The lowest BCUT2D eigenvalue weighted by molar-refractivity contribution is 0.100. The predicted octanol–water partition coefficient (Wildman–Crippen LogP) is 4.75. The lowest BCUT2D eigenvalue weighted by Gasteiger charge is -2.31. The van der Waals surface area contributed by atoms with Gasteiger partial charge in [-0.3, -0.25) is 9.69 Å². The molecule has 1 aliphatic rings. The molecule has 0 saturated carbocycles. The molecule has 0 radical (unpaired) electrons. The molecule has 37 heavy (non-hydrogen) atoms. The highest BCUT2D eigenvalue weighted by molar-refractivity contribution is 7.89. The Bertz CT molecular complexity index is 1500. The number of primary amides is 1. The molecule has 8 nitrogen and oxygen atoms in total. The van der Waals surface area contributed by atoms with Crippen LogP contribution in [-0.2, 0) is 23.1 Å². The Hall–Kier alpha value is -2.92. The Morgan fingerprint density at radius 1 is 1.22 bits per heavy atom. The van der Waals surface area contributed by atoms with Crippen LogP contribution in [0.2, 0.25) is 0 Å². The van der Waals surface area contributed by atoms with Crippen molar-refractivity contribution in [3.63, 3.8) is 0 Å². The van der Waals surface area contributed by atoms with Crippen LogP contribution in [0.3, 0.4) is 0 Å². The van der Waals surface area contributed by atoms with E-state index in [1.54, 1.807) is 28.8 Å². The summed E-state index contributed by atoms with van der Waals surface area (Å²) in [5, 5.41) is 3.09. The number of furan rings is 1. The van der Waals surface area contributed by atoms with E-state index in [1.807, 2.05) is 24.4 Å². The van der Waals surface area contributed by atoms with E-state index in [4.69, 9.17) is 10.2 Å². The summed E-state index contributed by atoms with van der Waals surface area (Å²) < 4.78 is 31.6. The highest BCUT2D eigenvalue weighted by Gasteiger charge is 2.29. The molecule has 0 bridgehead atoms. The number of benzene rings is 1. The number of carbonyl (C=O) groups is 1. The zero-order chi connectivity index (χ0) is 26.2. The molecule has 1 aliphatic heterocycles. The molecular weight excluding hydrogens is 508 g/mol. The van der Waals surface area contributed by atoms with Gasteiger partial charge in [-0.1, -0.05) is 0 Å². The van der Waals surface area contributed by atoms with E-state index in [0.29, 0.717) is 18.7 Å². The zero-order valence-corrected chi connectivity index (χ0v) is 22.7. The van der Waals surface area contributed by atoms with E-state index in [1.165, 1.54) is 4.88 Å². The third kappa shape index (κ3) is 5.38. The third-order valence-corrected chi connectivity index (χ3v) is 9.96. The molecular formula is C27H32N4O4S2. The first-order chi connectivity index (χ1) is 17.7. The highest BCUT2D eigenvalue weighted by atomic mass is 32.2. The summed E-state index contributed by atoms with van der Waals surface area (Å²) in [7, 11) is -1.12. The number of thiophene rings is 1. The summed E-state index contributed by atoms with van der Waals surface area (Å²) in [5.41, 5.74) is 10.1. The van der Waals surface area contributed by atoms with E-state index in [9.17, 15) is 13.2 Å². The van der Waals surface area contributed by atoms with E-state index in [-0.39, 0.29) is 11.7 Å². The van der Waals surface area contributed by atoms with Gasteiger partial charge in [0, 0.05) is 36.1 Å². The summed E-state index contributed by atoms with van der Waals surface area (Å²) in [4.78, 5) is 19.1. The lowest BCUT2D eigenvalue weighted by atomic mass is 9.88. The van der Waals surface area contributed by atoms with Crippen molar-refractivity contribution in [3.05, 3.63) is 69.9 Å². The van der Waals surface area contributed by atoms with Crippen molar-refractivity contribution in [2.24, 2.45) is 5.73 Å². The number of nitrogens with two attached hydrogens (primary N) is 1. The molecule has 0 spiro atoms. The molecule has 0 atom stereocenters. The number of fused-ring (bicyclic) bond motifs is 1. The van der Waals surface area contributed by atoms with Gasteiger partial charge in [0.25, 0.3) is 5.91 Å². The standard InChI is InChI=1S/C27H32N4O4S2/c1-3-37(33,34)31-8-6-18(7-9-31)25-14-29-26-23(25)12-19(13-24(26)27(28)32)20-11-22(36-17-20)16-30(2)15-21-5-4-10-35-21/h4-5,10-14,17-18,29H,3,6-9,15-16H2,1-2H3,(H2,28,32). The first kappa shape index (κ1) is 25.7. The number of nitrogens with zero attached hydrogens (tertiary/aromatic N) is 2. The van der Waals surface area contributed by atoms with E-state index < -0.39 is 15.9 Å². The SMILES string of the molecule is CCS(=O)(=O)N1CCC(c2c[nH]c3c(C(N)=O)cc(-c4csc(CN(C)Cc5ccco5)c4)cc23)CC1. The second-order valence-electron chi connectivity index (χ2n) is 9.68. The van der Waals surface area contributed by atoms with Crippen LogP contribution in [0.4, 0.5) is 0 Å². The number of sulfonamides is 1. The van der Waals surface area contributed by atoms with Crippen molar-refractivity contribution in [2.75, 3.05) is 25.9 Å². The lowest BCUT2D eigenvalue weighted by Crippen LogP contribution is -2.38. The Morgan fingerprint density at radius 2 is 2.00 bits per heavy atom. The predicted molar refractivity (Wildman–Crippen MR) is 147 cm³/mol. The molecule has 196 valence electrons. The van der Waals surface area contributed by atoms with Crippen LogP contribution >= 0.6 is 11.3 Å². The summed E-state index contributed by atoms with van der Waals surface area (Å²) in [6.45, 7) is 4.21. The first-order valence-corrected chi connectivity index (χ1v) is 15.0. The van der Waals surface area contributed by atoms with Crippen molar-refractivity contribution in [1.82, 2.24) is 14.2 Å². The molecule has 1 saturated heterocycles. The fraction of sp³-hybridized carbons (Fsp3) is 0.370. The summed E-state index contributed by atoms with van der Waals surface area (Å²) >= 11 is 1.69. The normalized spacial score (nSPS) is 15.6. The van der Waals surface area contributed by atoms with Gasteiger partial charge in [-0.05, 0) is 85.1 Å². The number of hydrogen-bond acceptors (Lipinski definition) is 6. The largest absolute Gasteiger partial charge is 0.468 e. The van der Waals surface area contributed by atoms with Gasteiger partial charge in [-0.15, -0.1) is 11.3 Å². The van der Waals surface area contributed by atoms with Gasteiger partial charge in [0.1, 0.15) is 5.76 Å². The maximum atomic E-state index is 12.4. The minimum absolute atomic E-state index is 0.122. The quantitative estimate of drug-likeness (QED) is 0.318. The van der Waals surface area contributed by atoms with Gasteiger partial charge in [0.15, 0.2) is 0 Å². The number of piperidine rings is 1. The molecule has 1 amide bonds. The van der Waals surface area contributed by atoms with Crippen LogP contribution in [0.25, 0.3) is 22.0 Å². The summed E-state index contributed by atoms with van der Waals surface area (Å²) in [5.74, 6) is 0.783. The maximum absolute atomic E-state index is 12.4. The topological polar surface area (TPSA) is 113 Å². The molecule has 0 aliphatic carbocycles. The molecule has 3 N–H and O–H groups in total. The van der Waals surface area contributed by atoms with Crippen LogP contribution in [0.15, 0.2) is 52.6 Å². The molecule has 4 aromatic rings. The Kier molecular flexibility index (Phi) is 7.26.